The molecule has 0 atom stereocenters. The molecule has 3 heterocycles. The maximum atomic E-state index is 12.6. The predicted molar refractivity (Wildman–Crippen MR) is 126 cm³/mol. The minimum atomic E-state index is -0.180. The van der Waals surface area contributed by atoms with E-state index in [1.807, 2.05) is 48.5 Å². The molecule has 0 radical (unpaired) electrons. The highest BCUT2D eigenvalue weighted by Gasteiger charge is 2.13. The van der Waals surface area contributed by atoms with Crippen LogP contribution < -0.4 is 15.8 Å². The van der Waals surface area contributed by atoms with Crippen molar-refractivity contribution in [2.24, 2.45) is 0 Å². The summed E-state index contributed by atoms with van der Waals surface area (Å²) in [5.41, 5.74) is 3.53. The van der Waals surface area contributed by atoms with Crippen molar-refractivity contribution in [2.45, 2.75) is 0 Å². The van der Waals surface area contributed by atoms with Crippen molar-refractivity contribution in [3.8, 4) is 11.3 Å². The average molecular weight is 433 g/mol. The Bertz CT molecular complexity index is 1260. The van der Waals surface area contributed by atoms with Gasteiger partial charge in [0.1, 0.15) is 5.82 Å². The van der Waals surface area contributed by atoms with Crippen LogP contribution in [-0.4, -0.2) is 36.3 Å². The second kappa shape index (κ2) is 8.41. The fraction of sp³-hybridized carbons (Fsp3) is 0.167. The third-order valence-corrected chi connectivity index (χ3v) is 5.65. The topological polar surface area (TPSA) is 70.2 Å². The summed E-state index contributed by atoms with van der Waals surface area (Å²) < 4.78 is 5.43. The molecular weight excluding hydrogens is 412 g/mol. The number of hydrogen-bond acceptors (Lipinski definition) is 5. The van der Waals surface area contributed by atoms with Crippen LogP contribution in [0.4, 0.5) is 17.2 Å². The lowest BCUT2D eigenvalue weighted by Gasteiger charge is -2.28. The lowest BCUT2D eigenvalue weighted by molar-refractivity contribution is 0.122. The molecule has 1 aliphatic rings. The van der Waals surface area contributed by atoms with Gasteiger partial charge in [-0.05, 0) is 53.9 Å². The zero-order valence-corrected chi connectivity index (χ0v) is 17.5. The SMILES string of the molecule is O=c1[nH]ccc2cc(-c3ccc(Cl)cc3)nc(Nc3ccc(N4CCOCC4)cc3)c12. The molecule has 0 unspecified atom stereocenters. The Kier molecular flexibility index (Phi) is 5.32. The van der Waals surface area contributed by atoms with Crippen LogP contribution >= 0.6 is 11.6 Å². The molecule has 0 saturated carbocycles. The molecule has 1 saturated heterocycles. The minimum Gasteiger partial charge on any atom is -0.378 e. The Morgan fingerprint density at radius 3 is 2.48 bits per heavy atom. The van der Waals surface area contributed by atoms with Crippen LogP contribution in [0.1, 0.15) is 0 Å². The number of nitrogens with zero attached hydrogens (tertiary/aromatic N) is 2. The first kappa shape index (κ1) is 19.6. The van der Waals surface area contributed by atoms with Crippen LogP contribution in [-0.2, 0) is 4.74 Å². The molecule has 156 valence electrons. The Hall–Kier alpha value is -3.35. The molecule has 2 N–H and O–H groups in total. The number of benzene rings is 2. The van der Waals surface area contributed by atoms with Gasteiger partial charge in [-0.25, -0.2) is 4.98 Å². The van der Waals surface area contributed by atoms with Crippen molar-refractivity contribution >= 4 is 39.6 Å². The van der Waals surface area contributed by atoms with Crippen LogP contribution in [0.3, 0.4) is 0 Å². The van der Waals surface area contributed by atoms with Gasteiger partial charge in [-0.15, -0.1) is 0 Å². The van der Waals surface area contributed by atoms with Crippen LogP contribution in [0.25, 0.3) is 22.0 Å². The molecule has 2 aromatic carbocycles. The molecule has 0 bridgehead atoms. The Labute approximate surface area is 184 Å². The van der Waals surface area contributed by atoms with Crippen molar-refractivity contribution < 1.29 is 4.74 Å². The first-order chi connectivity index (χ1) is 15.2. The highest BCUT2D eigenvalue weighted by Crippen LogP contribution is 2.29. The van der Waals surface area contributed by atoms with Gasteiger partial charge >= 0.3 is 0 Å². The van der Waals surface area contributed by atoms with Gasteiger partial charge in [0, 0.05) is 41.2 Å². The fourth-order valence-electron chi connectivity index (χ4n) is 3.79. The van der Waals surface area contributed by atoms with E-state index in [0.717, 1.165) is 54.3 Å². The third kappa shape index (κ3) is 4.13. The second-order valence-corrected chi connectivity index (χ2v) is 7.84. The van der Waals surface area contributed by atoms with E-state index >= 15 is 0 Å². The van der Waals surface area contributed by atoms with E-state index in [4.69, 9.17) is 21.3 Å². The van der Waals surface area contributed by atoms with Crippen molar-refractivity contribution in [3.05, 3.63) is 82.2 Å². The molecule has 1 fully saturated rings. The van der Waals surface area contributed by atoms with E-state index in [-0.39, 0.29) is 5.56 Å². The van der Waals surface area contributed by atoms with Crippen LogP contribution in [0.15, 0.2) is 71.7 Å². The highest BCUT2D eigenvalue weighted by atomic mass is 35.5. The summed E-state index contributed by atoms with van der Waals surface area (Å²) in [6.45, 7) is 3.27. The smallest absolute Gasteiger partial charge is 0.259 e. The lowest BCUT2D eigenvalue weighted by atomic mass is 10.1. The zero-order valence-electron chi connectivity index (χ0n) is 16.8. The number of halogens is 1. The van der Waals surface area contributed by atoms with Crippen molar-refractivity contribution in [2.75, 3.05) is 36.5 Å². The number of nitrogens with one attached hydrogen (secondary N) is 2. The number of rotatable bonds is 4. The predicted octanol–water partition coefficient (Wildman–Crippen LogP) is 4.82. The summed E-state index contributed by atoms with van der Waals surface area (Å²) in [6, 6.07) is 19.5. The second-order valence-electron chi connectivity index (χ2n) is 7.41. The molecular formula is C24H21ClN4O2. The summed E-state index contributed by atoms with van der Waals surface area (Å²) in [5, 5.41) is 5.35. The number of pyridine rings is 2. The lowest BCUT2D eigenvalue weighted by Crippen LogP contribution is -2.36. The number of ether oxygens (including phenoxy) is 1. The summed E-state index contributed by atoms with van der Waals surface area (Å²) in [6.07, 6.45) is 1.65. The standard InChI is InChI=1S/C24H21ClN4O2/c25-18-3-1-16(2-4-18)21-15-17-9-10-26-24(30)22(17)23(28-21)27-19-5-7-20(8-6-19)29-11-13-31-14-12-29/h1-10,15H,11-14H2,(H,26,30)(H,27,28). The number of aromatic nitrogens is 2. The van der Waals surface area contributed by atoms with Crippen LogP contribution in [0.2, 0.25) is 5.02 Å². The van der Waals surface area contributed by atoms with E-state index < -0.39 is 0 Å². The molecule has 7 heteroatoms. The Morgan fingerprint density at radius 2 is 1.74 bits per heavy atom. The van der Waals surface area contributed by atoms with E-state index in [9.17, 15) is 4.79 Å². The monoisotopic (exact) mass is 432 g/mol. The molecule has 0 spiro atoms. The maximum absolute atomic E-state index is 12.6. The first-order valence-corrected chi connectivity index (χ1v) is 10.5. The fourth-order valence-corrected chi connectivity index (χ4v) is 3.91. The van der Waals surface area contributed by atoms with E-state index in [1.54, 1.807) is 6.20 Å². The summed E-state index contributed by atoms with van der Waals surface area (Å²) in [7, 11) is 0. The number of H-pyrrole nitrogens is 1. The Morgan fingerprint density at radius 1 is 1.00 bits per heavy atom. The zero-order chi connectivity index (χ0) is 21.2. The Balaban J connectivity index is 1.52. The first-order valence-electron chi connectivity index (χ1n) is 10.2. The van der Waals surface area contributed by atoms with Gasteiger partial charge in [0.25, 0.3) is 5.56 Å². The molecule has 5 rings (SSSR count). The van der Waals surface area contributed by atoms with E-state index in [0.29, 0.717) is 16.2 Å². The number of anilines is 3. The van der Waals surface area contributed by atoms with Gasteiger partial charge in [-0.2, -0.15) is 0 Å². The molecule has 0 aliphatic carbocycles. The van der Waals surface area contributed by atoms with Gasteiger partial charge in [0.2, 0.25) is 0 Å². The van der Waals surface area contributed by atoms with Crippen molar-refractivity contribution in [1.82, 2.24) is 9.97 Å². The molecule has 6 nitrogen and oxygen atoms in total. The molecule has 1 aliphatic heterocycles. The molecule has 2 aromatic heterocycles. The van der Waals surface area contributed by atoms with Gasteiger partial charge in [0.15, 0.2) is 0 Å². The molecule has 31 heavy (non-hydrogen) atoms. The van der Waals surface area contributed by atoms with Crippen LogP contribution in [0.5, 0.6) is 0 Å². The number of hydrogen-bond donors (Lipinski definition) is 2. The minimum absolute atomic E-state index is 0.180. The highest BCUT2D eigenvalue weighted by molar-refractivity contribution is 6.30. The summed E-state index contributed by atoms with van der Waals surface area (Å²) in [4.78, 5) is 22.4. The van der Waals surface area contributed by atoms with Crippen molar-refractivity contribution in [1.29, 1.82) is 0 Å². The van der Waals surface area contributed by atoms with E-state index in [2.05, 4.69) is 27.3 Å². The summed E-state index contributed by atoms with van der Waals surface area (Å²) in [5.74, 6) is 0.517. The average Bonchev–Trinajstić information content (AvgIpc) is 2.80. The molecule has 0 amide bonds. The number of morpholine rings is 1. The molecule has 4 aromatic rings. The van der Waals surface area contributed by atoms with Gasteiger partial charge < -0.3 is 19.9 Å². The van der Waals surface area contributed by atoms with Crippen LogP contribution in [0, 0.1) is 0 Å². The van der Waals surface area contributed by atoms with Crippen molar-refractivity contribution in [3.63, 3.8) is 0 Å². The van der Waals surface area contributed by atoms with Gasteiger partial charge in [-0.1, -0.05) is 23.7 Å². The maximum Gasteiger partial charge on any atom is 0.259 e. The number of fused-ring (bicyclic) bond motifs is 1. The largest absolute Gasteiger partial charge is 0.378 e. The quantitative estimate of drug-likeness (QED) is 0.483. The van der Waals surface area contributed by atoms with E-state index in [1.165, 1.54) is 0 Å². The van der Waals surface area contributed by atoms with Gasteiger partial charge in [0.05, 0.1) is 24.3 Å². The summed E-state index contributed by atoms with van der Waals surface area (Å²) >= 11 is 6.03. The third-order valence-electron chi connectivity index (χ3n) is 5.40. The van der Waals surface area contributed by atoms with Gasteiger partial charge in [-0.3, -0.25) is 4.79 Å². The number of aromatic amines is 1. The normalized spacial score (nSPS) is 14.0.